The van der Waals surface area contributed by atoms with Crippen LogP contribution in [0.1, 0.15) is 6.42 Å². The fourth-order valence-electron chi connectivity index (χ4n) is 3.05. The molecule has 0 atom stereocenters. The van der Waals surface area contributed by atoms with E-state index in [0.717, 1.165) is 48.1 Å². The molecule has 0 amide bonds. The van der Waals surface area contributed by atoms with Crippen molar-refractivity contribution < 1.29 is 9.47 Å². The maximum atomic E-state index is 5.47. The van der Waals surface area contributed by atoms with Gasteiger partial charge in [0.05, 0.1) is 0 Å². The molecule has 0 saturated heterocycles. The van der Waals surface area contributed by atoms with Crippen LogP contribution >= 0.6 is 0 Å². The number of aromatic nitrogens is 2. The summed E-state index contributed by atoms with van der Waals surface area (Å²) in [5.74, 6) is 3.67. The van der Waals surface area contributed by atoms with E-state index in [4.69, 9.17) is 19.4 Å². The van der Waals surface area contributed by atoms with Crippen molar-refractivity contribution in [1.82, 2.24) is 14.9 Å². The van der Waals surface area contributed by atoms with Gasteiger partial charge in [0.1, 0.15) is 11.6 Å². The Morgan fingerprint density at radius 2 is 1.72 bits per heavy atom. The molecule has 0 radical (unpaired) electrons. The minimum atomic E-state index is 0.255. The smallest absolute Gasteiger partial charge is 0.231 e. The lowest BCUT2D eigenvalue weighted by Gasteiger charge is -2.13. The number of fused-ring (bicyclic) bond motifs is 1. The fourth-order valence-corrected chi connectivity index (χ4v) is 3.05. The summed E-state index contributed by atoms with van der Waals surface area (Å²) in [6.07, 6.45) is 1.03. The molecular weight excluding hydrogens is 366 g/mol. The van der Waals surface area contributed by atoms with Gasteiger partial charge in [0.25, 0.3) is 0 Å². The minimum Gasteiger partial charge on any atom is -0.454 e. The minimum absolute atomic E-state index is 0.255. The molecule has 0 unspecified atom stereocenters. The zero-order valence-electron chi connectivity index (χ0n) is 16.7. The van der Waals surface area contributed by atoms with Crippen molar-refractivity contribution in [3.63, 3.8) is 0 Å². The highest BCUT2D eigenvalue weighted by molar-refractivity contribution is 5.67. The average Bonchev–Trinajstić information content (AvgIpc) is 3.19. The highest BCUT2D eigenvalue weighted by Gasteiger charge is 2.14. The number of rotatable bonds is 8. The summed E-state index contributed by atoms with van der Waals surface area (Å²) in [5.41, 5.74) is 1.85. The lowest BCUT2D eigenvalue weighted by Crippen LogP contribution is -2.16. The van der Waals surface area contributed by atoms with E-state index in [2.05, 4.69) is 29.6 Å². The van der Waals surface area contributed by atoms with Crippen molar-refractivity contribution in [3.8, 4) is 22.9 Å². The summed E-state index contributed by atoms with van der Waals surface area (Å²) in [7, 11) is 4.15. The molecule has 7 nitrogen and oxygen atoms in total. The van der Waals surface area contributed by atoms with Gasteiger partial charge in [-0.1, -0.05) is 30.3 Å². The summed E-state index contributed by atoms with van der Waals surface area (Å²) in [5, 5.41) is 6.77. The molecule has 0 saturated carbocycles. The first-order valence-corrected chi connectivity index (χ1v) is 9.67. The zero-order valence-corrected chi connectivity index (χ0v) is 16.7. The maximum Gasteiger partial charge on any atom is 0.231 e. The normalized spacial score (nSPS) is 12.2. The average molecular weight is 391 g/mol. The molecule has 1 aromatic heterocycles. The highest BCUT2D eigenvalue weighted by atomic mass is 16.7. The SMILES string of the molecule is CN(C)CCCNc1cc(Nc2ccc3c(c2)OCO3)nc(-c2ccccc2)n1. The van der Waals surface area contributed by atoms with Gasteiger partial charge >= 0.3 is 0 Å². The Labute approximate surface area is 170 Å². The van der Waals surface area contributed by atoms with Gasteiger partial charge in [0.15, 0.2) is 17.3 Å². The summed E-state index contributed by atoms with van der Waals surface area (Å²) in [6.45, 7) is 2.12. The number of ether oxygens (including phenoxy) is 2. The monoisotopic (exact) mass is 391 g/mol. The summed E-state index contributed by atoms with van der Waals surface area (Å²) in [6, 6.07) is 17.7. The third kappa shape index (κ3) is 4.94. The van der Waals surface area contributed by atoms with Crippen LogP contribution < -0.4 is 20.1 Å². The summed E-state index contributed by atoms with van der Waals surface area (Å²) < 4.78 is 10.8. The van der Waals surface area contributed by atoms with Gasteiger partial charge in [0.2, 0.25) is 6.79 Å². The molecule has 0 fully saturated rings. The predicted molar refractivity (Wildman–Crippen MR) is 115 cm³/mol. The van der Waals surface area contributed by atoms with Crippen LogP contribution in [0, 0.1) is 0 Å². The van der Waals surface area contributed by atoms with Gasteiger partial charge in [-0.25, -0.2) is 9.97 Å². The van der Waals surface area contributed by atoms with Crippen LogP contribution in [0.5, 0.6) is 11.5 Å². The van der Waals surface area contributed by atoms with Crippen LogP contribution in [0.4, 0.5) is 17.3 Å². The van der Waals surface area contributed by atoms with E-state index < -0.39 is 0 Å². The molecule has 7 heteroatoms. The van der Waals surface area contributed by atoms with E-state index in [1.807, 2.05) is 54.6 Å². The molecule has 0 bridgehead atoms. The van der Waals surface area contributed by atoms with E-state index >= 15 is 0 Å². The molecule has 3 aromatic rings. The van der Waals surface area contributed by atoms with Crippen molar-refractivity contribution in [2.75, 3.05) is 44.6 Å². The Morgan fingerprint density at radius 1 is 0.931 bits per heavy atom. The molecule has 2 aromatic carbocycles. The highest BCUT2D eigenvalue weighted by Crippen LogP contribution is 2.35. The van der Waals surface area contributed by atoms with E-state index in [1.54, 1.807) is 0 Å². The topological polar surface area (TPSA) is 71.5 Å². The number of nitrogens with zero attached hydrogens (tertiary/aromatic N) is 3. The zero-order chi connectivity index (χ0) is 20.1. The molecule has 2 heterocycles. The Balaban J connectivity index is 1.57. The molecule has 4 rings (SSSR count). The maximum absolute atomic E-state index is 5.47. The van der Waals surface area contributed by atoms with Crippen molar-refractivity contribution in [2.24, 2.45) is 0 Å². The number of anilines is 3. The largest absolute Gasteiger partial charge is 0.454 e. The molecular formula is C22H25N5O2. The molecule has 1 aliphatic heterocycles. The molecule has 2 N–H and O–H groups in total. The van der Waals surface area contributed by atoms with Crippen molar-refractivity contribution in [3.05, 3.63) is 54.6 Å². The lowest BCUT2D eigenvalue weighted by atomic mass is 10.2. The van der Waals surface area contributed by atoms with Crippen LogP contribution in [0.3, 0.4) is 0 Å². The number of hydrogen-bond donors (Lipinski definition) is 2. The second-order valence-electron chi connectivity index (χ2n) is 7.10. The molecule has 29 heavy (non-hydrogen) atoms. The molecule has 0 spiro atoms. The van der Waals surface area contributed by atoms with E-state index in [-0.39, 0.29) is 6.79 Å². The van der Waals surface area contributed by atoms with E-state index in [0.29, 0.717) is 11.6 Å². The van der Waals surface area contributed by atoms with Crippen molar-refractivity contribution in [1.29, 1.82) is 0 Å². The summed E-state index contributed by atoms with van der Waals surface area (Å²) in [4.78, 5) is 11.6. The van der Waals surface area contributed by atoms with Crippen molar-refractivity contribution in [2.45, 2.75) is 6.42 Å². The van der Waals surface area contributed by atoms with Gasteiger partial charge in [-0.15, -0.1) is 0 Å². The van der Waals surface area contributed by atoms with Gasteiger partial charge in [0, 0.05) is 29.9 Å². The van der Waals surface area contributed by atoms with Gasteiger partial charge < -0.3 is 25.0 Å². The first-order valence-electron chi connectivity index (χ1n) is 9.67. The Kier molecular flexibility index (Phi) is 5.76. The van der Waals surface area contributed by atoms with Gasteiger partial charge in [-0.3, -0.25) is 0 Å². The third-order valence-electron chi connectivity index (χ3n) is 4.49. The second kappa shape index (κ2) is 8.79. The third-order valence-corrected chi connectivity index (χ3v) is 4.49. The van der Waals surface area contributed by atoms with Crippen molar-refractivity contribution >= 4 is 17.3 Å². The van der Waals surface area contributed by atoms with Crippen LogP contribution in [-0.2, 0) is 0 Å². The molecule has 1 aliphatic rings. The fraction of sp³-hybridized carbons (Fsp3) is 0.273. The Hall–Kier alpha value is -3.32. The summed E-state index contributed by atoms with van der Waals surface area (Å²) >= 11 is 0. The van der Waals surface area contributed by atoms with Crippen LogP contribution in [-0.4, -0.2) is 48.8 Å². The van der Waals surface area contributed by atoms with E-state index in [1.165, 1.54) is 0 Å². The van der Waals surface area contributed by atoms with Crippen LogP contribution in [0.25, 0.3) is 11.4 Å². The molecule has 150 valence electrons. The number of benzene rings is 2. The van der Waals surface area contributed by atoms with Crippen LogP contribution in [0.15, 0.2) is 54.6 Å². The van der Waals surface area contributed by atoms with E-state index in [9.17, 15) is 0 Å². The Morgan fingerprint density at radius 3 is 2.55 bits per heavy atom. The number of hydrogen-bond acceptors (Lipinski definition) is 7. The lowest BCUT2D eigenvalue weighted by molar-refractivity contribution is 0.174. The quantitative estimate of drug-likeness (QED) is 0.563. The van der Waals surface area contributed by atoms with Crippen LogP contribution in [0.2, 0.25) is 0 Å². The predicted octanol–water partition coefficient (Wildman–Crippen LogP) is 3.98. The Bertz CT molecular complexity index is 963. The van der Waals surface area contributed by atoms with Gasteiger partial charge in [-0.2, -0.15) is 0 Å². The number of nitrogens with one attached hydrogen (secondary N) is 2. The first-order chi connectivity index (χ1) is 14.2. The van der Waals surface area contributed by atoms with Gasteiger partial charge in [-0.05, 0) is 39.2 Å². The first kappa shape index (κ1) is 19.0. The second-order valence-corrected chi connectivity index (χ2v) is 7.10. The molecule has 0 aliphatic carbocycles. The standard InChI is InChI=1S/C22H25N5O2/c1-27(2)12-6-11-23-20-14-21(26-22(25-20)16-7-4-3-5-8-16)24-17-9-10-18-19(13-17)29-15-28-18/h3-5,7-10,13-14H,6,11-12,15H2,1-2H3,(H2,23,24,25,26).